The lowest BCUT2D eigenvalue weighted by Gasteiger charge is -2.09. The Morgan fingerprint density at radius 2 is 1.77 bits per heavy atom. The third-order valence-corrected chi connectivity index (χ3v) is 3.24. The van der Waals surface area contributed by atoms with Gasteiger partial charge in [0.1, 0.15) is 5.69 Å². The Hall–Kier alpha value is -3.17. The van der Waals surface area contributed by atoms with Gasteiger partial charge in [0.2, 0.25) is 11.9 Å². The largest absolute Gasteiger partial charge is 0.478 e. The van der Waals surface area contributed by atoms with E-state index in [4.69, 9.17) is 5.11 Å². The van der Waals surface area contributed by atoms with Crippen LogP contribution < -0.4 is 10.6 Å². The molecule has 1 aromatic heterocycles. The number of benzene rings is 1. The molecule has 3 N–H and O–H groups in total. The zero-order valence-corrected chi connectivity index (χ0v) is 13.4. The Bertz CT molecular complexity index is 779. The Kier molecular flexibility index (Phi) is 6.10. The standard InChI is InChI=1S/C16H15F3N4O3/c17-16(18,19)12-5-6-21-15(23-12)22-8-7-20-13(24)9-10-1-3-11(4-2-10)14(25)26/h1-6H,7-9H2,(H,20,24)(H,25,26)(H,21,22,23). The Labute approximate surface area is 146 Å². The normalized spacial score (nSPS) is 11.0. The molecule has 1 aromatic carbocycles. The minimum Gasteiger partial charge on any atom is -0.478 e. The number of aromatic nitrogens is 2. The average molecular weight is 368 g/mol. The van der Waals surface area contributed by atoms with Gasteiger partial charge in [0.15, 0.2) is 0 Å². The monoisotopic (exact) mass is 368 g/mol. The van der Waals surface area contributed by atoms with Crippen molar-refractivity contribution in [1.82, 2.24) is 15.3 Å². The number of hydrogen-bond acceptors (Lipinski definition) is 5. The lowest BCUT2D eigenvalue weighted by Crippen LogP contribution is -2.30. The average Bonchev–Trinajstić information content (AvgIpc) is 2.59. The lowest BCUT2D eigenvalue weighted by atomic mass is 10.1. The summed E-state index contributed by atoms with van der Waals surface area (Å²) in [5.74, 6) is -1.54. The second-order valence-electron chi connectivity index (χ2n) is 5.22. The lowest BCUT2D eigenvalue weighted by molar-refractivity contribution is -0.141. The number of carbonyl (C=O) groups is 2. The van der Waals surface area contributed by atoms with E-state index in [1.165, 1.54) is 24.3 Å². The molecular formula is C16H15F3N4O3. The fourth-order valence-electron chi connectivity index (χ4n) is 1.99. The van der Waals surface area contributed by atoms with Crippen LogP contribution in [0, 0.1) is 0 Å². The molecule has 0 spiro atoms. The number of carboxylic acid groups (broad SMARTS) is 1. The van der Waals surface area contributed by atoms with Crippen LogP contribution in [0.1, 0.15) is 21.6 Å². The highest BCUT2D eigenvalue weighted by atomic mass is 19.4. The summed E-state index contributed by atoms with van der Waals surface area (Å²) >= 11 is 0. The van der Waals surface area contributed by atoms with Gasteiger partial charge in [-0.15, -0.1) is 0 Å². The van der Waals surface area contributed by atoms with Crippen LogP contribution in [0.4, 0.5) is 19.1 Å². The fraction of sp³-hybridized carbons (Fsp3) is 0.250. The number of nitrogens with zero attached hydrogens (tertiary/aromatic N) is 2. The third kappa shape index (κ3) is 5.72. The second-order valence-corrected chi connectivity index (χ2v) is 5.22. The molecule has 7 nitrogen and oxygen atoms in total. The van der Waals surface area contributed by atoms with E-state index in [0.29, 0.717) is 5.56 Å². The van der Waals surface area contributed by atoms with Gasteiger partial charge in [0.25, 0.3) is 0 Å². The van der Waals surface area contributed by atoms with Crippen LogP contribution in [0.25, 0.3) is 0 Å². The van der Waals surface area contributed by atoms with Gasteiger partial charge in [-0.05, 0) is 23.8 Å². The molecule has 0 saturated carbocycles. The molecular weight excluding hydrogens is 353 g/mol. The van der Waals surface area contributed by atoms with E-state index < -0.39 is 17.8 Å². The van der Waals surface area contributed by atoms with Crippen LogP contribution in [-0.4, -0.2) is 40.0 Å². The number of carbonyl (C=O) groups excluding carboxylic acids is 1. The molecule has 0 fully saturated rings. The summed E-state index contributed by atoms with van der Waals surface area (Å²) < 4.78 is 37.6. The van der Waals surface area contributed by atoms with Crippen LogP contribution in [-0.2, 0) is 17.4 Å². The Morgan fingerprint density at radius 1 is 1.08 bits per heavy atom. The van der Waals surface area contributed by atoms with Crippen molar-refractivity contribution < 1.29 is 27.9 Å². The zero-order valence-electron chi connectivity index (χ0n) is 13.4. The minimum atomic E-state index is -4.55. The first-order valence-corrected chi connectivity index (χ1v) is 7.49. The number of nitrogens with one attached hydrogen (secondary N) is 2. The summed E-state index contributed by atoms with van der Waals surface area (Å²) in [5.41, 5.74) is -0.287. The van der Waals surface area contributed by atoms with E-state index >= 15 is 0 Å². The molecule has 0 aliphatic rings. The molecule has 0 aliphatic heterocycles. The quantitative estimate of drug-likeness (QED) is 0.646. The van der Waals surface area contributed by atoms with Crippen LogP contribution in [0.15, 0.2) is 36.5 Å². The van der Waals surface area contributed by atoms with Gasteiger partial charge in [-0.3, -0.25) is 4.79 Å². The molecule has 0 saturated heterocycles. The van der Waals surface area contributed by atoms with Crippen molar-refractivity contribution in [3.05, 3.63) is 53.3 Å². The summed E-state index contributed by atoms with van der Waals surface area (Å²) in [5, 5.41) is 14.0. The van der Waals surface area contributed by atoms with Crippen molar-refractivity contribution in [2.45, 2.75) is 12.6 Å². The fourth-order valence-corrected chi connectivity index (χ4v) is 1.99. The van der Waals surface area contributed by atoms with Gasteiger partial charge >= 0.3 is 12.1 Å². The molecule has 10 heteroatoms. The molecule has 2 rings (SSSR count). The van der Waals surface area contributed by atoms with E-state index in [2.05, 4.69) is 20.6 Å². The molecule has 2 aromatic rings. The number of halogens is 3. The Balaban J connectivity index is 1.76. The van der Waals surface area contributed by atoms with Gasteiger partial charge in [-0.2, -0.15) is 13.2 Å². The van der Waals surface area contributed by atoms with Gasteiger partial charge in [0, 0.05) is 19.3 Å². The van der Waals surface area contributed by atoms with Gasteiger partial charge in [-0.1, -0.05) is 12.1 Å². The first-order valence-electron chi connectivity index (χ1n) is 7.49. The molecule has 0 aliphatic carbocycles. The number of rotatable bonds is 7. The van der Waals surface area contributed by atoms with E-state index in [-0.39, 0.29) is 36.9 Å². The predicted molar refractivity (Wildman–Crippen MR) is 85.6 cm³/mol. The van der Waals surface area contributed by atoms with Gasteiger partial charge in [-0.25, -0.2) is 14.8 Å². The number of carboxylic acids is 1. The number of alkyl halides is 3. The summed E-state index contributed by atoms with van der Waals surface area (Å²) in [6, 6.07) is 6.65. The van der Waals surface area contributed by atoms with Crippen LogP contribution in [0.3, 0.4) is 0 Å². The molecule has 0 unspecified atom stereocenters. The van der Waals surface area contributed by atoms with E-state index in [0.717, 1.165) is 12.3 Å². The number of hydrogen-bond donors (Lipinski definition) is 3. The third-order valence-electron chi connectivity index (χ3n) is 3.24. The van der Waals surface area contributed by atoms with Gasteiger partial charge < -0.3 is 15.7 Å². The van der Waals surface area contributed by atoms with E-state index in [1.807, 2.05) is 0 Å². The molecule has 0 bridgehead atoms. The number of aromatic carboxylic acids is 1. The predicted octanol–water partition coefficient (Wildman–Crippen LogP) is 1.96. The van der Waals surface area contributed by atoms with Crippen molar-refractivity contribution >= 4 is 17.8 Å². The summed E-state index contributed by atoms with van der Waals surface area (Å²) in [6.07, 6.45) is -3.50. The maximum absolute atomic E-state index is 12.5. The topological polar surface area (TPSA) is 104 Å². The zero-order chi connectivity index (χ0) is 19.2. The maximum Gasteiger partial charge on any atom is 0.433 e. The first-order chi connectivity index (χ1) is 12.3. The number of anilines is 1. The van der Waals surface area contributed by atoms with Gasteiger partial charge in [0.05, 0.1) is 12.0 Å². The van der Waals surface area contributed by atoms with Crippen LogP contribution in [0.5, 0.6) is 0 Å². The first kappa shape index (κ1) is 19.2. The molecule has 1 amide bonds. The van der Waals surface area contributed by atoms with Crippen molar-refractivity contribution in [3.8, 4) is 0 Å². The highest BCUT2D eigenvalue weighted by Gasteiger charge is 2.32. The van der Waals surface area contributed by atoms with Crippen molar-refractivity contribution in [1.29, 1.82) is 0 Å². The molecule has 26 heavy (non-hydrogen) atoms. The highest BCUT2D eigenvalue weighted by molar-refractivity contribution is 5.87. The SMILES string of the molecule is O=C(Cc1ccc(C(=O)O)cc1)NCCNc1nccc(C(F)(F)F)n1. The minimum absolute atomic E-state index is 0.0555. The van der Waals surface area contributed by atoms with Crippen molar-refractivity contribution in [3.63, 3.8) is 0 Å². The molecule has 0 radical (unpaired) electrons. The van der Waals surface area contributed by atoms with Crippen LogP contribution in [0.2, 0.25) is 0 Å². The second kappa shape index (κ2) is 8.28. The smallest absolute Gasteiger partial charge is 0.433 e. The van der Waals surface area contributed by atoms with Crippen molar-refractivity contribution in [2.75, 3.05) is 18.4 Å². The maximum atomic E-state index is 12.5. The van der Waals surface area contributed by atoms with E-state index in [1.54, 1.807) is 0 Å². The highest BCUT2D eigenvalue weighted by Crippen LogP contribution is 2.27. The Morgan fingerprint density at radius 3 is 2.38 bits per heavy atom. The van der Waals surface area contributed by atoms with E-state index in [9.17, 15) is 22.8 Å². The van der Waals surface area contributed by atoms with Crippen molar-refractivity contribution in [2.24, 2.45) is 0 Å². The number of amides is 1. The molecule has 138 valence electrons. The molecule has 0 atom stereocenters. The van der Waals surface area contributed by atoms with Crippen LogP contribution >= 0.6 is 0 Å². The molecule has 1 heterocycles. The summed E-state index contributed by atoms with van der Waals surface area (Å²) in [6.45, 7) is 0.302. The summed E-state index contributed by atoms with van der Waals surface area (Å²) in [7, 11) is 0. The summed E-state index contributed by atoms with van der Waals surface area (Å²) in [4.78, 5) is 29.6.